The van der Waals surface area contributed by atoms with E-state index in [1.165, 1.54) is 0 Å². The molecular formula is C4H7Cl2NO2S. The van der Waals surface area contributed by atoms with Gasteiger partial charge in [0.2, 0.25) is 10.0 Å². The number of alkyl halides is 1. The van der Waals surface area contributed by atoms with Crippen LogP contribution in [-0.2, 0) is 10.0 Å². The lowest BCUT2D eigenvalue weighted by molar-refractivity contribution is 0.590. The highest BCUT2D eigenvalue weighted by molar-refractivity contribution is 7.90. The summed E-state index contributed by atoms with van der Waals surface area (Å²) < 4.78 is 23.2. The summed E-state index contributed by atoms with van der Waals surface area (Å²) >= 11 is 10.3. The topological polar surface area (TPSA) is 46.2 Å². The second kappa shape index (κ2) is 4.18. The average molecular weight is 204 g/mol. The largest absolute Gasteiger partial charge is 0.225 e. The molecular weight excluding hydrogens is 197 g/mol. The van der Waals surface area contributed by atoms with Crippen LogP contribution in [0.1, 0.15) is 0 Å². The molecule has 0 heterocycles. The highest BCUT2D eigenvalue weighted by atomic mass is 35.5. The molecule has 60 valence electrons. The molecule has 0 bridgehead atoms. The third kappa shape index (κ3) is 5.05. The van der Waals surface area contributed by atoms with Crippen molar-refractivity contribution < 1.29 is 8.42 Å². The minimum atomic E-state index is -3.34. The van der Waals surface area contributed by atoms with Crippen LogP contribution in [0.4, 0.5) is 0 Å². The number of nitrogens with one attached hydrogen (secondary N) is 1. The van der Waals surface area contributed by atoms with Crippen LogP contribution >= 0.6 is 23.2 Å². The molecule has 0 unspecified atom stereocenters. The van der Waals surface area contributed by atoms with Gasteiger partial charge in [0.1, 0.15) is 5.21 Å². The fraction of sp³-hybridized carbons (Fsp3) is 0.500. The van der Waals surface area contributed by atoms with E-state index in [0.717, 1.165) is 0 Å². The van der Waals surface area contributed by atoms with E-state index < -0.39 is 15.2 Å². The summed E-state index contributed by atoms with van der Waals surface area (Å²) in [6.45, 7) is 3.31. The highest BCUT2D eigenvalue weighted by Crippen LogP contribution is 1.95. The van der Waals surface area contributed by atoms with E-state index in [9.17, 15) is 8.42 Å². The number of hydrogen-bond donors (Lipinski definition) is 1. The normalized spacial score (nSPS) is 11.4. The van der Waals surface area contributed by atoms with Crippen LogP contribution in [0.25, 0.3) is 0 Å². The van der Waals surface area contributed by atoms with Crippen LogP contribution < -0.4 is 4.72 Å². The van der Waals surface area contributed by atoms with Crippen molar-refractivity contribution in [3.63, 3.8) is 0 Å². The quantitative estimate of drug-likeness (QED) is 0.690. The first-order chi connectivity index (χ1) is 4.48. The first kappa shape index (κ1) is 10.2. The van der Waals surface area contributed by atoms with Crippen LogP contribution in [0.2, 0.25) is 0 Å². The highest BCUT2D eigenvalue weighted by Gasteiger charge is 2.05. The van der Waals surface area contributed by atoms with Gasteiger partial charge in [0.15, 0.2) is 0 Å². The van der Waals surface area contributed by atoms with E-state index in [1.54, 1.807) is 0 Å². The number of rotatable bonds is 4. The van der Waals surface area contributed by atoms with Gasteiger partial charge in [-0.15, -0.1) is 11.6 Å². The average Bonchev–Trinajstić information content (AvgIpc) is 1.85. The van der Waals surface area contributed by atoms with Crippen molar-refractivity contribution in [3.8, 4) is 0 Å². The summed E-state index contributed by atoms with van der Waals surface area (Å²) in [5.74, 6) is 0. The Morgan fingerprint density at radius 3 is 2.40 bits per heavy atom. The summed E-state index contributed by atoms with van der Waals surface area (Å²) in [5.41, 5.74) is 0. The molecule has 0 aliphatic carbocycles. The molecule has 0 radical (unpaired) electrons. The SMILES string of the molecule is C=C(Cl)CNS(=O)(=O)CCl. The Bertz CT molecular complexity index is 211. The molecule has 0 fully saturated rings. The first-order valence-electron chi connectivity index (χ1n) is 2.34. The van der Waals surface area contributed by atoms with E-state index in [2.05, 4.69) is 11.3 Å². The van der Waals surface area contributed by atoms with Crippen molar-refractivity contribution in [1.29, 1.82) is 0 Å². The predicted octanol–water partition coefficient (Wildman–Crippen LogP) is 0.855. The Morgan fingerprint density at radius 2 is 2.10 bits per heavy atom. The van der Waals surface area contributed by atoms with Crippen LogP contribution in [0, 0.1) is 0 Å². The maximum Gasteiger partial charge on any atom is 0.225 e. The molecule has 3 nitrogen and oxygen atoms in total. The summed E-state index contributed by atoms with van der Waals surface area (Å²) in [6.07, 6.45) is 0. The second-order valence-corrected chi connectivity index (χ2v) is 4.49. The molecule has 0 rings (SSSR count). The van der Waals surface area contributed by atoms with Gasteiger partial charge in [0, 0.05) is 11.6 Å². The van der Waals surface area contributed by atoms with E-state index in [1.807, 2.05) is 0 Å². The summed E-state index contributed by atoms with van der Waals surface area (Å²) in [6, 6.07) is 0. The molecule has 0 spiro atoms. The zero-order valence-corrected chi connectivity index (χ0v) is 7.43. The molecule has 1 N–H and O–H groups in total. The minimum absolute atomic E-state index is 0.0244. The summed E-state index contributed by atoms with van der Waals surface area (Å²) in [4.78, 5) is 0. The molecule has 0 aromatic rings. The van der Waals surface area contributed by atoms with E-state index in [0.29, 0.717) is 0 Å². The Balaban J connectivity index is 3.81. The first-order valence-corrected chi connectivity index (χ1v) is 4.91. The Labute approximate surface area is 70.1 Å². The summed E-state index contributed by atoms with van der Waals surface area (Å²) in [7, 11) is -3.34. The third-order valence-electron chi connectivity index (χ3n) is 0.628. The zero-order chi connectivity index (χ0) is 8.20. The van der Waals surface area contributed by atoms with Gasteiger partial charge in [-0.05, 0) is 0 Å². The summed E-state index contributed by atoms with van der Waals surface area (Å²) in [5, 5.41) is -0.231. The van der Waals surface area contributed by atoms with Crippen molar-refractivity contribution in [2.75, 3.05) is 11.8 Å². The van der Waals surface area contributed by atoms with Crippen LogP contribution in [0.15, 0.2) is 11.6 Å². The molecule has 0 aliphatic heterocycles. The molecule has 0 amide bonds. The lowest BCUT2D eigenvalue weighted by atomic mass is 10.7. The molecule has 0 saturated heterocycles. The van der Waals surface area contributed by atoms with Gasteiger partial charge in [-0.25, -0.2) is 13.1 Å². The van der Waals surface area contributed by atoms with Crippen LogP contribution in [0.5, 0.6) is 0 Å². The lowest BCUT2D eigenvalue weighted by Crippen LogP contribution is -2.25. The van der Waals surface area contributed by atoms with Crippen molar-refractivity contribution >= 4 is 33.2 Å². The molecule has 0 aliphatic rings. The molecule has 0 saturated carbocycles. The molecule has 0 atom stereocenters. The van der Waals surface area contributed by atoms with Gasteiger partial charge in [-0.2, -0.15) is 0 Å². The van der Waals surface area contributed by atoms with E-state index >= 15 is 0 Å². The number of hydrogen-bond acceptors (Lipinski definition) is 2. The van der Waals surface area contributed by atoms with Gasteiger partial charge in [-0.1, -0.05) is 18.2 Å². The van der Waals surface area contributed by atoms with Crippen molar-refractivity contribution in [1.82, 2.24) is 4.72 Å². The molecule has 0 aromatic heterocycles. The molecule has 0 aromatic carbocycles. The third-order valence-corrected chi connectivity index (χ3v) is 2.49. The maximum atomic E-state index is 10.6. The van der Waals surface area contributed by atoms with Gasteiger partial charge < -0.3 is 0 Å². The smallest absolute Gasteiger partial charge is 0.211 e. The maximum absolute atomic E-state index is 10.6. The van der Waals surface area contributed by atoms with Crippen LogP contribution in [-0.4, -0.2) is 20.2 Å². The van der Waals surface area contributed by atoms with E-state index in [4.69, 9.17) is 23.2 Å². The minimum Gasteiger partial charge on any atom is -0.211 e. The van der Waals surface area contributed by atoms with E-state index in [-0.39, 0.29) is 11.6 Å². The Kier molecular flexibility index (Phi) is 4.28. The monoisotopic (exact) mass is 203 g/mol. The van der Waals surface area contributed by atoms with Gasteiger partial charge in [-0.3, -0.25) is 0 Å². The standard InChI is InChI=1S/C4H7Cl2NO2S/c1-4(6)2-7-10(8,9)3-5/h7H,1-3H2. The van der Waals surface area contributed by atoms with Crippen LogP contribution in [0.3, 0.4) is 0 Å². The van der Waals surface area contributed by atoms with Crippen molar-refractivity contribution in [2.24, 2.45) is 0 Å². The fourth-order valence-corrected chi connectivity index (χ4v) is 1.08. The van der Waals surface area contributed by atoms with Gasteiger partial charge >= 0.3 is 0 Å². The van der Waals surface area contributed by atoms with Crippen molar-refractivity contribution in [3.05, 3.63) is 11.6 Å². The number of halogens is 2. The zero-order valence-electron chi connectivity index (χ0n) is 5.10. The number of sulfonamides is 1. The molecule has 10 heavy (non-hydrogen) atoms. The van der Waals surface area contributed by atoms with Gasteiger partial charge in [0.05, 0.1) is 0 Å². The molecule has 6 heteroatoms. The second-order valence-electron chi connectivity index (χ2n) is 1.56. The lowest BCUT2D eigenvalue weighted by Gasteiger charge is -1.99. The fourth-order valence-electron chi connectivity index (χ4n) is 0.227. The van der Waals surface area contributed by atoms with Crippen molar-refractivity contribution in [2.45, 2.75) is 0 Å². The van der Waals surface area contributed by atoms with Gasteiger partial charge in [0.25, 0.3) is 0 Å². The predicted molar refractivity (Wildman–Crippen MR) is 42.6 cm³/mol. The Morgan fingerprint density at radius 1 is 1.60 bits per heavy atom. The Hall–Kier alpha value is 0.230.